The van der Waals surface area contributed by atoms with Gasteiger partial charge >= 0.3 is 0 Å². The summed E-state index contributed by atoms with van der Waals surface area (Å²) in [7, 11) is 0. The van der Waals surface area contributed by atoms with Crippen LogP contribution in [-0.2, 0) is 11.2 Å². The maximum absolute atomic E-state index is 13.4. The van der Waals surface area contributed by atoms with Gasteiger partial charge in [0.1, 0.15) is 0 Å². The normalized spacial score (nSPS) is 16.2. The zero-order valence-corrected chi connectivity index (χ0v) is 10.6. The van der Waals surface area contributed by atoms with Gasteiger partial charge in [0, 0.05) is 18.4 Å². The number of carbonyl (C=O) groups is 1. The third kappa shape index (κ3) is 3.50. The highest BCUT2D eigenvalue weighted by molar-refractivity contribution is 5.76. The molecule has 0 atom stereocenters. The van der Waals surface area contributed by atoms with E-state index in [1.54, 1.807) is 0 Å². The van der Waals surface area contributed by atoms with Crippen LogP contribution in [-0.4, -0.2) is 24.2 Å². The lowest BCUT2D eigenvalue weighted by atomic mass is 10.1. The number of rotatable bonds is 6. The molecule has 1 saturated carbocycles. The zero-order chi connectivity index (χ0) is 13.9. The van der Waals surface area contributed by atoms with Gasteiger partial charge in [-0.3, -0.25) is 4.79 Å². The Morgan fingerprint density at radius 1 is 1.37 bits per heavy atom. The summed E-state index contributed by atoms with van der Waals surface area (Å²) in [6.07, 6.45) is 2.12. The zero-order valence-electron chi connectivity index (χ0n) is 10.6. The molecule has 0 bridgehead atoms. The molecule has 0 radical (unpaired) electrons. The van der Waals surface area contributed by atoms with Crippen LogP contribution >= 0.6 is 0 Å². The van der Waals surface area contributed by atoms with Crippen LogP contribution in [0.4, 0.5) is 8.78 Å². The molecule has 0 aromatic heterocycles. The number of hydrogen-bond acceptors (Lipinski definition) is 2. The average molecular weight is 269 g/mol. The molecule has 0 aliphatic heterocycles. The Morgan fingerprint density at radius 3 is 2.74 bits per heavy atom. The van der Waals surface area contributed by atoms with Crippen LogP contribution in [0.25, 0.3) is 0 Å². The molecule has 1 aromatic carbocycles. The lowest BCUT2D eigenvalue weighted by Crippen LogP contribution is -2.32. The summed E-state index contributed by atoms with van der Waals surface area (Å²) in [4.78, 5) is 11.6. The predicted molar refractivity (Wildman–Crippen MR) is 66.4 cm³/mol. The second-order valence-electron chi connectivity index (χ2n) is 5.15. The van der Waals surface area contributed by atoms with Crippen molar-refractivity contribution in [2.45, 2.75) is 25.7 Å². The molecule has 1 amide bonds. The molecule has 0 saturated heterocycles. The summed E-state index contributed by atoms with van der Waals surface area (Å²) in [6.45, 7) is 0.528. The topological polar surface area (TPSA) is 49.3 Å². The SMILES string of the molecule is O=C(CCc1cccc(F)c1F)NCC1(CO)CC1. The number of aliphatic hydroxyl groups is 1. The van der Waals surface area contributed by atoms with Crippen LogP contribution in [0.5, 0.6) is 0 Å². The summed E-state index contributed by atoms with van der Waals surface area (Å²) >= 11 is 0. The summed E-state index contributed by atoms with van der Waals surface area (Å²) in [6, 6.07) is 3.95. The van der Waals surface area contributed by atoms with Gasteiger partial charge in [0.05, 0.1) is 6.61 Å². The van der Waals surface area contributed by atoms with E-state index in [9.17, 15) is 13.6 Å². The molecule has 3 nitrogen and oxygen atoms in total. The van der Waals surface area contributed by atoms with Gasteiger partial charge in [-0.25, -0.2) is 8.78 Å². The lowest BCUT2D eigenvalue weighted by Gasteiger charge is -2.12. The number of amides is 1. The van der Waals surface area contributed by atoms with E-state index >= 15 is 0 Å². The molecular weight excluding hydrogens is 252 g/mol. The van der Waals surface area contributed by atoms with E-state index in [0.29, 0.717) is 6.54 Å². The maximum Gasteiger partial charge on any atom is 0.220 e. The van der Waals surface area contributed by atoms with Crippen LogP contribution in [0.15, 0.2) is 18.2 Å². The van der Waals surface area contributed by atoms with E-state index in [2.05, 4.69) is 5.32 Å². The van der Waals surface area contributed by atoms with Gasteiger partial charge in [0.25, 0.3) is 0 Å². The molecule has 1 aliphatic carbocycles. The first-order valence-electron chi connectivity index (χ1n) is 6.37. The fourth-order valence-electron chi connectivity index (χ4n) is 1.93. The lowest BCUT2D eigenvalue weighted by molar-refractivity contribution is -0.121. The molecule has 1 aromatic rings. The van der Waals surface area contributed by atoms with Gasteiger partial charge in [0.15, 0.2) is 11.6 Å². The van der Waals surface area contributed by atoms with E-state index in [1.807, 2.05) is 0 Å². The molecule has 1 aliphatic rings. The first kappa shape index (κ1) is 13.9. The van der Waals surface area contributed by atoms with E-state index in [-0.39, 0.29) is 36.3 Å². The standard InChI is InChI=1S/C14H17F2NO2/c15-11-3-1-2-10(13(11)16)4-5-12(19)17-8-14(9-18)6-7-14/h1-3,18H,4-9H2,(H,17,19). The van der Waals surface area contributed by atoms with Gasteiger partial charge in [-0.1, -0.05) is 12.1 Å². The molecule has 1 fully saturated rings. The third-order valence-corrected chi connectivity index (χ3v) is 3.61. The molecule has 19 heavy (non-hydrogen) atoms. The molecule has 104 valence electrons. The van der Waals surface area contributed by atoms with Crippen LogP contribution in [0.1, 0.15) is 24.8 Å². The van der Waals surface area contributed by atoms with Crippen molar-refractivity contribution in [1.82, 2.24) is 5.32 Å². The largest absolute Gasteiger partial charge is 0.396 e. The Morgan fingerprint density at radius 2 is 2.11 bits per heavy atom. The smallest absolute Gasteiger partial charge is 0.220 e. The second-order valence-corrected chi connectivity index (χ2v) is 5.15. The Kier molecular flexibility index (Phi) is 4.14. The quantitative estimate of drug-likeness (QED) is 0.827. The summed E-state index contributed by atoms with van der Waals surface area (Å²) in [5.41, 5.74) is 0.0678. The van der Waals surface area contributed by atoms with Crippen LogP contribution in [0.2, 0.25) is 0 Å². The van der Waals surface area contributed by atoms with Crippen LogP contribution in [0.3, 0.4) is 0 Å². The van der Waals surface area contributed by atoms with Gasteiger partial charge in [-0.2, -0.15) is 0 Å². The molecular formula is C14H17F2NO2. The fourth-order valence-corrected chi connectivity index (χ4v) is 1.93. The summed E-state index contributed by atoms with van der Waals surface area (Å²) < 4.78 is 26.3. The minimum absolute atomic E-state index is 0.0752. The maximum atomic E-state index is 13.4. The Hall–Kier alpha value is -1.49. The highest BCUT2D eigenvalue weighted by Gasteiger charge is 2.41. The number of carbonyl (C=O) groups excluding carboxylic acids is 1. The molecule has 0 heterocycles. The molecule has 0 unspecified atom stereocenters. The molecule has 2 rings (SSSR count). The van der Waals surface area contributed by atoms with E-state index < -0.39 is 11.6 Å². The van der Waals surface area contributed by atoms with Crippen molar-refractivity contribution in [3.05, 3.63) is 35.4 Å². The van der Waals surface area contributed by atoms with Crippen molar-refractivity contribution < 1.29 is 18.7 Å². The predicted octanol–water partition coefficient (Wildman–Crippen LogP) is 1.79. The monoisotopic (exact) mass is 269 g/mol. The van der Waals surface area contributed by atoms with Crippen molar-refractivity contribution in [2.24, 2.45) is 5.41 Å². The summed E-state index contributed by atoms with van der Waals surface area (Å²) in [5.74, 6) is -1.98. The van der Waals surface area contributed by atoms with Crippen molar-refractivity contribution in [3.63, 3.8) is 0 Å². The van der Waals surface area contributed by atoms with Crippen molar-refractivity contribution in [2.75, 3.05) is 13.2 Å². The van der Waals surface area contributed by atoms with Gasteiger partial charge in [-0.15, -0.1) is 0 Å². The highest BCUT2D eigenvalue weighted by atomic mass is 19.2. The molecule has 2 N–H and O–H groups in total. The highest BCUT2D eigenvalue weighted by Crippen LogP contribution is 2.44. The van der Waals surface area contributed by atoms with E-state index in [1.165, 1.54) is 12.1 Å². The number of aliphatic hydroxyl groups excluding tert-OH is 1. The Balaban J connectivity index is 1.78. The van der Waals surface area contributed by atoms with Crippen molar-refractivity contribution in [1.29, 1.82) is 0 Å². The average Bonchev–Trinajstić information content (AvgIpc) is 3.19. The van der Waals surface area contributed by atoms with Gasteiger partial charge < -0.3 is 10.4 Å². The van der Waals surface area contributed by atoms with E-state index in [0.717, 1.165) is 18.9 Å². The Labute approximate surface area is 110 Å². The molecule has 0 spiro atoms. The number of halogens is 2. The van der Waals surface area contributed by atoms with Crippen molar-refractivity contribution in [3.8, 4) is 0 Å². The number of benzene rings is 1. The summed E-state index contributed by atoms with van der Waals surface area (Å²) in [5, 5.41) is 11.8. The van der Waals surface area contributed by atoms with Gasteiger partial charge in [-0.05, 0) is 30.9 Å². The third-order valence-electron chi connectivity index (χ3n) is 3.61. The van der Waals surface area contributed by atoms with Gasteiger partial charge in [0.2, 0.25) is 5.91 Å². The first-order valence-corrected chi connectivity index (χ1v) is 6.37. The fraction of sp³-hybridized carbons (Fsp3) is 0.500. The number of hydrogen-bond donors (Lipinski definition) is 2. The minimum atomic E-state index is -0.893. The number of aryl methyl sites for hydroxylation is 1. The number of nitrogens with one attached hydrogen (secondary N) is 1. The van der Waals surface area contributed by atoms with E-state index in [4.69, 9.17) is 5.11 Å². The van der Waals surface area contributed by atoms with Crippen LogP contribution in [0, 0.1) is 17.0 Å². The minimum Gasteiger partial charge on any atom is -0.396 e. The second kappa shape index (κ2) is 5.65. The Bertz CT molecular complexity index is 473. The molecule has 5 heteroatoms. The first-order chi connectivity index (χ1) is 9.06. The van der Waals surface area contributed by atoms with Crippen LogP contribution < -0.4 is 5.32 Å². The van der Waals surface area contributed by atoms with Crippen molar-refractivity contribution >= 4 is 5.91 Å².